The third-order valence-electron chi connectivity index (χ3n) is 4.26. The lowest BCUT2D eigenvalue weighted by Crippen LogP contribution is -2.38. The summed E-state index contributed by atoms with van der Waals surface area (Å²) in [5.41, 5.74) is 0. The molecular formula is C10H14O3. The van der Waals surface area contributed by atoms with E-state index in [0.717, 1.165) is 6.42 Å². The number of aliphatic hydroxyl groups excluding tert-OH is 1. The Bertz CT molecular complexity index is 239. The first-order valence-electron chi connectivity index (χ1n) is 5.06. The van der Waals surface area contributed by atoms with E-state index in [4.69, 9.17) is 4.74 Å². The van der Waals surface area contributed by atoms with Crippen molar-refractivity contribution in [1.29, 1.82) is 0 Å². The van der Waals surface area contributed by atoms with Crippen LogP contribution in [0.4, 0.5) is 0 Å². The number of carbonyl (C=O) groups excluding carboxylic acids is 1. The summed E-state index contributed by atoms with van der Waals surface area (Å²) in [6.07, 6.45) is 1.54. The highest BCUT2D eigenvalue weighted by atomic mass is 16.6. The summed E-state index contributed by atoms with van der Waals surface area (Å²) < 4.78 is 5.29. The summed E-state index contributed by atoms with van der Waals surface area (Å²) in [5, 5.41) is 9.85. The van der Waals surface area contributed by atoms with Crippen molar-refractivity contribution in [3.63, 3.8) is 0 Å². The van der Waals surface area contributed by atoms with Gasteiger partial charge in [0.15, 0.2) is 0 Å². The van der Waals surface area contributed by atoms with Gasteiger partial charge in [0, 0.05) is 11.8 Å². The van der Waals surface area contributed by atoms with Crippen LogP contribution in [-0.2, 0) is 9.53 Å². The van der Waals surface area contributed by atoms with E-state index in [1.807, 2.05) is 0 Å². The van der Waals surface area contributed by atoms with Crippen LogP contribution in [0.1, 0.15) is 19.8 Å². The standard InChI is InChI=1S/C10H14O3/c1-4-5-2-6(9(4)12)7-3-8(11)13-10(5)7/h4-7,9-10,12H,2-3H2,1H3. The zero-order valence-corrected chi connectivity index (χ0v) is 7.64. The number of rotatable bonds is 0. The number of esters is 1. The minimum Gasteiger partial charge on any atom is -0.462 e. The molecule has 0 radical (unpaired) electrons. The molecule has 3 heteroatoms. The summed E-state index contributed by atoms with van der Waals surface area (Å²) in [7, 11) is 0. The molecule has 13 heavy (non-hydrogen) atoms. The number of ether oxygens (including phenoxy) is 1. The lowest BCUT2D eigenvalue weighted by atomic mass is 9.78. The van der Waals surface area contributed by atoms with Gasteiger partial charge in [0.25, 0.3) is 0 Å². The molecule has 0 spiro atoms. The molecule has 0 aromatic heterocycles. The molecule has 0 aromatic carbocycles. The highest BCUT2D eigenvalue weighted by Crippen LogP contribution is 2.56. The smallest absolute Gasteiger partial charge is 0.306 e. The molecule has 2 saturated carbocycles. The average molecular weight is 182 g/mol. The quantitative estimate of drug-likeness (QED) is 0.557. The first-order chi connectivity index (χ1) is 6.18. The lowest BCUT2D eigenvalue weighted by molar-refractivity contribution is -0.144. The molecule has 3 rings (SSSR count). The molecule has 0 amide bonds. The Morgan fingerprint density at radius 3 is 2.92 bits per heavy atom. The van der Waals surface area contributed by atoms with E-state index in [1.165, 1.54) is 0 Å². The van der Waals surface area contributed by atoms with Crippen molar-refractivity contribution in [2.24, 2.45) is 23.7 Å². The van der Waals surface area contributed by atoms with Crippen LogP contribution in [0.15, 0.2) is 0 Å². The van der Waals surface area contributed by atoms with Gasteiger partial charge in [0.05, 0.1) is 12.5 Å². The van der Waals surface area contributed by atoms with Gasteiger partial charge in [-0.15, -0.1) is 0 Å². The zero-order valence-electron chi connectivity index (χ0n) is 7.64. The van der Waals surface area contributed by atoms with Crippen LogP contribution in [-0.4, -0.2) is 23.3 Å². The predicted octanol–water partition coefficient (Wildman–Crippen LogP) is 0.565. The van der Waals surface area contributed by atoms with E-state index < -0.39 is 0 Å². The van der Waals surface area contributed by atoms with Gasteiger partial charge in [-0.25, -0.2) is 0 Å². The van der Waals surface area contributed by atoms with Crippen molar-refractivity contribution in [2.45, 2.75) is 32.0 Å². The fraction of sp³-hybridized carbons (Fsp3) is 0.900. The Kier molecular flexibility index (Phi) is 1.36. The molecule has 1 heterocycles. The van der Waals surface area contributed by atoms with E-state index in [-0.39, 0.29) is 18.2 Å². The van der Waals surface area contributed by atoms with Gasteiger partial charge in [-0.2, -0.15) is 0 Å². The van der Waals surface area contributed by atoms with Crippen molar-refractivity contribution < 1.29 is 14.6 Å². The highest BCUT2D eigenvalue weighted by molar-refractivity contribution is 5.72. The van der Waals surface area contributed by atoms with Gasteiger partial charge in [-0.05, 0) is 18.3 Å². The van der Waals surface area contributed by atoms with Crippen molar-refractivity contribution >= 4 is 5.97 Å². The second-order valence-electron chi connectivity index (χ2n) is 4.74. The van der Waals surface area contributed by atoms with Gasteiger partial charge < -0.3 is 9.84 Å². The van der Waals surface area contributed by atoms with Gasteiger partial charge in [0.2, 0.25) is 0 Å². The van der Waals surface area contributed by atoms with E-state index >= 15 is 0 Å². The van der Waals surface area contributed by atoms with E-state index in [2.05, 4.69) is 6.92 Å². The maximum atomic E-state index is 11.1. The maximum absolute atomic E-state index is 11.1. The minimum atomic E-state index is -0.194. The molecule has 1 saturated heterocycles. The maximum Gasteiger partial charge on any atom is 0.306 e. The molecule has 6 unspecified atom stereocenters. The Morgan fingerprint density at radius 2 is 2.15 bits per heavy atom. The van der Waals surface area contributed by atoms with E-state index in [1.54, 1.807) is 0 Å². The SMILES string of the molecule is CC1C(O)C2CC1C1OC(=O)CC21. The molecule has 3 fully saturated rings. The topological polar surface area (TPSA) is 46.5 Å². The van der Waals surface area contributed by atoms with Crippen molar-refractivity contribution in [3.05, 3.63) is 0 Å². The summed E-state index contributed by atoms with van der Waals surface area (Å²) in [5.74, 6) is 1.33. The Balaban J connectivity index is 1.92. The van der Waals surface area contributed by atoms with Crippen LogP contribution in [0.25, 0.3) is 0 Å². The number of hydrogen-bond donors (Lipinski definition) is 1. The second-order valence-corrected chi connectivity index (χ2v) is 4.74. The predicted molar refractivity (Wildman–Crippen MR) is 44.8 cm³/mol. The molecule has 3 nitrogen and oxygen atoms in total. The van der Waals surface area contributed by atoms with Gasteiger partial charge in [0.1, 0.15) is 6.10 Å². The third kappa shape index (κ3) is 0.810. The average Bonchev–Trinajstić information content (AvgIpc) is 2.64. The van der Waals surface area contributed by atoms with Crippen LogP contribution < -0.4 is 0 Å². The number of aliphatic hydroxyl groups is 1. The molecular weight excluding hydrogens is 168 g/mol. The number of hydrogen-bond acceptors (Lipinski definition) is 3. The molecule has 1 N–H and O–H groups in total. The Labute approximate surface area is 77.1 Å². The number of carbonyl (C=O) groups is 1. The molecule has 72 valence electrons. The van der Waals surface area contributed by atoms with Crippen LogP contribution in [0.3, 0.4) is 0 Å². The fourth-order valence-corrected chi connectivity index (χ4v) is 3.57. The largest absolute Gasteiger partial charge is 0.462 e. The highest BCUT2D eigenvalue weighted by Gasteiger charge is 2.60. The first kappa shape index (κ1) is 7.80. The summed E-state index contributed by atoms with van der Waals surface area (Å²) >= 11 is 0. The fourth-order valence-electron chi connectivity index (χ4n) is 3.57. The monoisotopic (exact) mass is 182 g/mol. The van der Waals surface area contributed by atoms with Gasteiger partial charge in [-0.3, -0.25) is 4.79 Å². The Morgan fingerprint density at radius 1 is 1.38 bits per heavy atom. The van der Waals surface area contributed by atoms with Gasteiger partial charge >= 0.3 is 5.97 Å². The van der Waals surface area contributed by atoms with Gasteiger partial charge in [-0.1, -0.05) is 6.92 Å². The van der Waals surface area contributed by atoms with E-state index in [0.29, 0.717) is 30.1 Å². The van der Waals surface area contributed by atoms with E-state index in [9.17, 15) is 9.90 Å². The van der Waals surface area contributed by atoms with Crippen molar-refractivity contribution in [1.82, 2.24) is 0 Å². The Hall–Kier alpha value is -0.570. The molecule has 0 aromatic rings. The molecule has 2 aliphatic carbocycles. The molecule has 2 bridgehead atoms. The molecule has 3 aliphatic rings. The summed E-state index contributed by atoms with van der Waals surface area (Å²) in [6, 6.07) is 0. The second kappa shape index (κ2) is 2.27. The minimum absolute atomic E-state index is 0.0639. The van der Waals surface area contributed by atoms with Crippen LogP contribution in [0.2, 0.25) is 0 Å². The molecule has 1 aliphatic heterocycles. The third-order valence-corrected chi connectivity index (χ3v) is 4.26. The van der Waals surface area contributed by atoms with Crippen molar-refractivity contribution in [3.8, 4) is 0 Å². The van der Waals surface area contributed by atoms with Crippen molar-refractivity contribution in [2.75, 3.05) is 0 Å². The number of fused-ring (bicyclic) bond motifs is 5. The van der Waals surface area contributed by atoms with Crippen LogP contribution in [0, 0.1) is 23.7 Å². The summed E-state index contributed by atoms with van der Waals surface area (Å²) in [6.45, 7) is 2.07. The zero-order chi connectivity index (χ0) is 9.16. The van der Waals surface area contributed by atoms with Crippen LogP contribution >= 0.6 is 0 Å². The lowest BCUT2D eigenvalue weighted by Gasteiger charge is -2.31. The van der Waals surface area contributed by atoms with Crippen LogP contribution in [0.5, 0.6) is 0 Å². The first-order valence-corrected chi connectivity index (χ1v) is 5.06. The molecule has 6 atom stereocenters. The normalized spacial score (nSPS) is 58.2. The summed E-state index contributed by atoms with van der Waals surface area (Å²) in [4.78, 5) is 11.1.